The highest BCUT2D eigenvalue weighted by Crippen LogP contribution is 2.25. The highest BCUT2D eigenvalue weighted by atomic mass is 14.1. The Labute approximate surface area is 113 Å². The van der Waals surface area contributed by atoms with E-state index in [4.69, 9.17) is 6.42 Å². The number of benzene rings is 1. The summed E-state index contributed by atoms with van der Waals surface area (Å²) in [6, 6.07) is 8.93. The molecule has 2 unspecified atom stereocenters. The molecule has 1 aromatic carbocycles. The van der Waals surface area contributed by atoms with Crippen molar-refractivity contribution in [3.8, 4) is 12.3 Å². The molecule has 0 radical (unpaired) electrons. The summed E-state index contributed by atoms with van der Waals surface area (Å²) in [6.07, 6.45) is 11.7. The number of unbranched alkanes of at least 4 members (excludes halogenated alkanes) is 2. The molecule has 0 aliphatic heterocycles. The van der Waals surface area contributed by atoms with E-state index >= 15 is 0 Å². The van der Waals surface area contributed by atoms with Crippen LogP contribution in [0.15, 0.2) is 24.3 Å². The van der Waals surface area contributed by atoms with E-state index in [0.717, 1.165) is 6.42 Å². The zero-order chi connectivity index (χ0) is 13.4. The maximum absolute atomic E-state index is 5.66. The fourth-order valence-electron chi connectivity index (χ4n) is 2.24. The third-order valence-corrected chi connectivity index (χ3v) is 3.82. The van der Waals surface area contributed by atoms with Crippen LogP contribution >= 0.6 is 0 Å². The lowest BCUT2D eigenvalue weighted by atomic mass is 9.91. The van der Waals surface area contributed by atoms with Crippen molar-refractivity contribution >= 4 is 0 Å². The fraction of sp³-hybridized carbons (Fsp3) is 0.556. The van der Waals surface area contributed by atoms with Gasteiger partial charge in [0.1, 0.15) is 0 Å². The van der Waals surface area contributed by atoms with Gasteiger partial charge in [0.2, 0.25) is 0 Å². The van der Waals surface area contributed by atoms with Crippen molar-refractivity contribution in [2.45, 2.75) is 64.7 Å². The van der Waals surface area contributed by atoms with Gasteiger partial charge in [-0.1, -0.05) is 70.2 Å². The zero-order valence-corrected chi connectivity index (χ0v) is 12.1. The Balaban J connectivity index is 2.67. The first-order valence-corrected chi connectivity index (χ1v) is 7.28. The highest BCUT2D eigenvalue weighted by Gasteiger charge is 2.09. The van der Waals surface area contributed by atoms with Crippen molar-refractivity contribution < 1.29 is 0 Å². The highest BCUT2D eigenvalue weighted by molar-refractivity contribution is 5.31. The van der Waals surface area contributed by atoms with Crippen molar-refractivity contribution in [3.63, 3.8) is 0 Å². The molecule has 0 fully saturated rings. The molecule has 1 aromatic rings. The van der Waals surface area contributed by atoms with Crippen molar-refractivity contribution in [1.82, 2.24) is 0 Å². The summed E-state index contributed by atoms with van der Waals surface area (Å²) in [5, 5.41) is 0. The Morgan fingerprint density at radius 2 is 1.67 bits per heavy atom. The van der Waals surface area contributed by atoms with Crippen LogP contribution in [0.3, 0.4) is 0 Å². The molecule has 0 N–H and O–H groups in total. The lowest BCUT2D eigenvalue weighted by Gasteiger charge is -2.13. The molecule has 0 saturated heterocycles. The van der Waals surface area contributed by atoms with Gasteiger partial charge in [0, 0.05) is 5.92 Å². The SMILES string of the molecule is C#CC(CCCCC)c1ccc(C(C)CC)cc1. The molecule has 0 heterocycles. The fourth-order valence-corrected chi connectivity index (χ4v) is 2.24. The number of hydrogen-bond acceptors (Lipinski definition) is 0. The van der Waals surface area contributed by atoms with Gasteiger partial charge in [0.25, 0.3) is 0 Å². The van der Waals surface area contributed by atoms with Crippen molar-refractivity contribution in [2.24, 2.45) is 0 Å². The van der Waals surface area contributed by atoms with Crippen LogP contribution in [0, 0.1) is 12.3 Å². The van der Waals surface area contributed by atoms with E-state index in [2.05, 4.69) is 51.0 Å². The van der Waals surface area contributed by atoms with Crippen molar-refractivity contribution in [1.29, 1.82) is 0 Å². The van der Waals surface area contributed by atoms with Crippen LogP contribution in [0.1, 0.15) is 75.8 Å². The molecular formula is C18H26. The average Bonchev–Trinajstić information content (AvgIpc) is 2.43. The lowest BCUT2D eigenvalue weighted by Crippen LogP contribution is -1.97. The summed E-state index contributed by atoms with van der Waals surface area (Å²) in [5.74, 6) is 3.88. The first-order chi connectivity index (χ1) is 8.72. The molecular weight excluding hydrogens is 216 g/mol. The number of rotatable bonds is 7. The Bertz CT molecular complexity index is 366. The van der Waals surface area contributed by atoms with Gasteiger partial charge in [-0.05, 0) is 29.9 Å². The summed E-state index contributed by atoms with van der Waals surface area (Å²) in [5.41, 5.74) is 2.73. The van der Waals surface area contributed by atoms with Crippen molar-refractivity contribution in [3.05, 3.63) is 35.4 Å². The molecule has 0 heteroatoms. The lowest BCUT2D eigenvalue weighted by molar-refractivity contribution is 0.637. The van der Waals surface area contributed by atoms with E-state index in [1.165, 1.54) is 36.8 Å². The molecule has 0 aliphatic carbocycles. The van der Waals surface area contributed by atoms with E-state index in [-0.39, 0.29) is 0 Å². The molecule has 0 saturated carbocycles. The zero-order valence-electron chi connectivity index (χ0n) is 12.1. The van der Waals surface area contributed by atoms with Crippen LogP contribution in [0.25, 0.3) is 0 Å². The summed E-state index contributed by atoms with van der Waals surface area (Å²) in [7, 11) is 0. The summed E-state index contributed by atoms with van der Waals surface area (Å²) < 4.78 is 0. The Hall–Kier alpha value is -1.22. The van der Waals surface area contributed by atoms with E-state index in [1.807, 2.05) is 0 Å². The van der Waals surface area contributed by atoms with Gasteiger partial charge < -0.3 is 0 Å². The van der Waals surface area contributed by atoms with E-state index in [0.29, 0.717) is 11.8 Å². The normalized spacial score (nSPS) is 13.9. The van der Waals surface area contributed by atoms with Gasteiger partial charge in [-0.15, -0.1) is 6.42 Å². The molecule has 1 rings (SSSR count). The molecule has 18 heavy (non-hydrogen) atoms. The van der Waals surface area contributed by atoms with Gasteiger partial charge in [-0.2, -0.15) is 0 Å². The standard InChI is InChI=1S/C18H26/c1-5-8-9-10-16(7-3)18-13-11-17(12-14-18)15(4)6-2/h3,11-16H,5-6,8-10H2,1-2,4H3. The Morgan fingerprint density at radius 3 is 2.17 bits per heavy atom. The van der Waals surface area contributed by atoms with Crippen LogP contribution in [0.4, 0.5) is 0 Å². The predicted octanol–water partition coefficient (Wildman–Crippen LogP) is 5.50. The molecule has 98 valence electrons. The van der Waals surface area contributed by atoms with Crippen LogP contribution < -0.4 is 0 Å². The first kappa shape index (κ1) is 14.8. The second-order valence-corrected chi connectivity index (χ2v) is 5.19. The maximum atomic E-state index is 5.66. The second-order valence-electron chi connectivity index (χ2n) is 5.19. The third kappa shape index (κ3) is 4.22. The second kappa shape index (κ2) is 7.98. The molecule has 0 spiro atoms. The predicted molar refractivity (Wildman–Crippen MR) is 80.9 cm³/mol. The topological polar surface area (TPSA) is 0 Å². The summed E-state index contributed by atoms with van der Waals surface area (Å²) in [4.78, 5) is 0. The van der Waals surface area contributed by atoms with Crippen LogP contribution in [0.2, 0.25) is 0 Å². The maximum Gasteiger partial charge on any atom is 0.0449 e. The van der Waals surface area contributed by atoms with Crippen LogP contribution in [-0.2, 0) is 0 Å². The monoisotopic (exact) mass is 242 g/mol. The Morgan fingerprint density at radius 1 is 1.06 bits per heavy atom. The molecule has 0 bridgehead atoms. The number of hydrogen-bond donors (Lipinski definition) is 0. The van der Waals surface area contributed by atoms with Gasteiger partial charge in [-0.3, -0.25) is 0 Å². The molecule has 2 atom stereocenters. The summed E-state index contributed by atoms with van der Waals surface area (Å²) >= 11 is 0. The quantitative estimate of drug-likeness (QED) is 0.437. The first-order valence-electron chi connectivity index (χ1n) is 7.28. The minimum Gasteiger partial charge on any atom is -0.119 e. The number of terminal acetylenes is 1. The van der Waals surface area contributed by atoms with Gasteiger partial charge in [0.15, 0.2) is 0 Å². The summed E-state index contributed by atoms with van der Waals surface area (Å²) in [6.45, 7) is 6.73. The van der Waals surface area contributed by atoms with Gasteiger partial charge in [-0.25, -0.2) is 0 Å². The van der Waals surface area contributed by atoms with E-state index in [1.54, 1.807) is 0 Å². The van der Waals surface area contributed by atoms with E-state index in [9.17, 15) is 0 Å². The minimum atomic E-state index is 0.294. The van der Waals surface area contributed by atoms with E-state index < -0.39 is 0 Å². The van der Waals surface area contributed by atoms with Gasteiger partial charge in [0.05, 0.1) is 0 Å². The largest absolute Gasteiger partial charge is 0.119 e. The minimum absolute atomic E-state index is 0.294. The molecule has 0 aliphatic rings. The average molecular weight is 242 g/mol. The molecule has 0 nitrogen and oxygen atoms in total. The van der Waals surface area contributed by atoms with Crippen LogP contribution in [0.5, 0.6) is 0 Å². The molecule has 0 aromatic heterocycles. The third-order valence-electron chi connectivity index (χ3n) is 3.82. The molecule has 0 amide bonds. The van der Waals surface area contributed by atoms with Gasteiger partial charge >= 0.3 is 0 Å². The Kier molecular flexibility index (Phi) is 6.58. The smallest absolute Gasteiger partial charge is 0.0449 e. The van der Waals surface area contributed by atoms with Crippen LogP contribution in [-0.4, -0.2) is 0 Å². The van der Waals surface area contributed by atoms with Crippen molar-refractivity contribution in [2.75, 3.05) is 0 Å².